The summed E-state index contributed by atoms with van der Waals surface area (Å²) in [5, 5.41) is 0. The first-order valence-electron chi connectivity index (χ1n) is 6.39. The third kappa shape index (κ3) is 4.75. The Hall–Kier alpha value is -2.48. The van der Waals surface area contributed by atoms with Gasteiger partial charge in [0.2, 0.25) is 0 Å². The van der Waals surface area contributed by atoms with Gasteiger partial charge in [-0.15, -0.1) is 0 Å². The van der Waals surface area contributed by atoms with Crippen LogP contribution in [0.3, 0.4) is 0 Å². The van der Waals surface area contributed by atoms with Crippen molar-refractivity contribution in [3.8, 4) is 5.75 Å². The summed E-state index contributed by atoms with van der Waals surface area (Å²) < 4.78 is 32.3. The Morgan fingerprint density at radius 1 is 1.04 bits per heavy atom. The van der Waals surface area contributed by atoms with Crippen LogP contribution in [0, 0.1) is 11.6 Å². The normalized spacial score (nSPS) is 10.0. The fourth-order valence-electron chi connectivity index (χ4n) is 1.61. The van der Waals surface area contributed by atoms with Crippen molar-refractivity contribution >= 4 is 27.7 Å². The van der Waals surface area contributed by atoms with Gasteiger partial charge in [-0.05, 0) is 30.3 Å². The molecular formula is C15H11BrF2N2O3. The lowest BCUT2D eigenvalue weighted by Crippen LogP contribution is -2.44. The van der Waals surface area contributed by atoms with E-state index in [1.807, 2.05) is 10.9 Å². The fraction of sp³-hybridized carbons (Fsp3) is 0.0667. The van der Waals surface area contributed by atoms with Gasteiger partial charge < -0.3 is 4.74 Å². The van der Waals surface area contributed by atoms with E-state index < -0.39 is 30.1 Å². The Labute approximate surface area is 138 Å². The van der Waals surface area contributed by atoms with Gasteiger partial charge in [0, 0.05) is 4.47 Å². The minimum Gasteiger partial charge on any atom is -0.481 e. The zero-order chi connectivity index (χ0) is 16.8. The molecule has 23 heavy (non-hydrogen) atoms. The molecule has 2 aromatic carbocycles. The first-order valence-corrected chi connectivity index (χ1v) is 7.18. The largest absolute Gasteiger partial charge is 0.481 e. The molecule has 8 heteroatoms. The molecule has 2 rings (SSSR count). The predicted octanol–water partition coefficient (Wildman–Crippen LogP) is 2.57. The van der Waals surface area contributed by atoms with Crippen molar-refractivity contribution in [3.05, 3.63) is 64.1 Å². The average molecular weight is 385 g/mol. The SMILES string of the molecule is O=C(COc1ccccc1F)NNC(=O)c1ccc(Br)cc1F. The molecule has 0 aromatic heterocycles. The van der Waals surface area contributed by atoms with Gasteiger partial charge in [0.05, 0.1) is 5.56 Å². The number of nitrogens with one attached hydrogen (secondary N) is 2. The number of benzene rings is 2. The number of ether oxygens (including phenoxy) is 1. The van der Waals surface area contributed by atoms with Crippen molar-refractivity contribution in [2.24, 2.45) is 0 Å². The van der Waals surface area contributed by atoms with Crippen LogP contribution < -0.4 is 15.6 Å². The molecule has 2 aromatic rings. The summed E-state index contributed by atoms with van der Waals surface area (Å²) in [5.41, 5.74) is 3.86. The van der Waals surface area contributed by atoms with Crippen molar-refractivity contribution in [2.45, 2.75) is 0 Å². The van der Waals surface area contributed by atoms with Crippen LogP contribution in [-0.2, 0) is 4.79 Å². The number of hydrogen-bond acceptors (Lipinski definition) is 3. The second-order valence-corrected chi connectivity index (χ2v) is 5.26. The van der Waals surface area contributed by atoms with Crippen molar-refractivity contribution in [1.82, 2.24) is 10.9 Å². The van der Waals surface area contributed by atoms with Gasteiger partial charge in [-0.25, -0.2) is 8.78 Å². The Balaban J connectivity index is 1.84. The lowest BCUT2D eigenvalue weighted by Gasteiger charge is -2.09. The molecule has 0 aliphatic carbocycles. The highest BCUT2D eigenvalue weighted by atomic mass is 79.9. The van der Waals surface area contributed by atoms with E-state index in [-0.39, 0.29) is 11.3 Å². The second-order valence-electron chi connectivity index (χ2n) is 4.35. The van der Waals surface area contributed by atoms with Crippen LogP contribution in [0.1, 0.15) is 10.4 Å². The number of hydrazine groups is 1. The van der Waals surface area contributed by atoms with Gasteiger partial charge in [0.15, 0.2) is 18.2 Å². The fourth-order valence-corrected chi connectivity index (χ4v) is 1.94. The molecule has 0 saturated carbocycles. The van der Waals surface area contributed by atoms with E-state index in [0.717, 1.165) is 6.07 Å². The molecule has 120 valence electrons. The smallest absolute Gasteiger partial charge is 0.276 e. The molecule has 0 atom stereocenters. The molecule has 0 saturated heterocycles. The summed E-state index contributed by atoms with van der Waals surface area (Å²) in [6.07, 6.45) is 0. The molecule has 0 bridgehead atoms. The molecule has 2 N–H and O–H groups in total. The third-order valence-electron chi connectivity index (χ3n) is 2.69. The minimum absolute atomic E-state index is 0.0899. The standard InChI is InChI=1S/C15H11BrF2N2O3/c16-9-5-6-10(12(18)7-9)15(22)20-19-14(21)8-23-13-4-2-1-3-11(13)17/h1-7H,8H2,(H,19,21)(H,20,22). The van der Waals surface area contributed by atoms with Gasteiger partial charge in [-0.1, -0.05) is 28.1 Å². The van der Waals surface area contributed by atoms with Gasteiger partial charge in [-0.3, -0.25) is 20.4 Å². The molecule has 2 amide bonds. The van der Waals surface area contributed by atoms with Gasteiger partial charge in [-0.2, -0.15) is 0 Å². The van der Waals surface area contributed by atoms with Crippen molar-refractivity contribution in [2.75, 3.05) is 6.61 Å². The van der Waals surface area contributed by atoms with Crippen LogP contribution in [0.2, 0.25) is 0 Å². The number of rotatable bonds is 4. The molecule has 0 fully saturated rings. The van der Waals surface area contributed by atoms with E-state index in [0.29, 0.717) is 4.47 Å². The monoisotopic (exact) mass is 384 g/mol. The lowest BCUT2D eigenvalue weighted by molar-refractivity contribution is -0.123. The quantitative estimate of drug-likeness (QED) is 0.796. The van der Waals surface area contributed by atoms with Crippen LogP contribution >= 0.6 is 15.9 Å². The van der Waals surface area contributed by atoms with Crippen LogP contribution in [0.15, 0.2) is 46.9 Å². The van der Waals surface area contributed by atoms with Crippen LogP contribution in [0.25, 0.3) is 0 Å². The van der Waals surface area contributed by atoms with E-state index in [9.17, 15) is 18.4 Å². The summed E-state index contributed by atoms with van der Waals surface area (Å²) in [5.74, 6) is -2.99. The third-order valence-corrected chi connectivity index (χ3v) is 3.18. The number of carbonyl (C=O) groups is 2. The maximum Gasteiger partial charge on any atom is 0.276 e. The Bertz CT molecular complexity index is 740. The van der Waals surface area contributed by atoms with Crippen LogP contribution in [-0.4, -0.2) is 18.4 Å². The van der Waals surface area contributed by atoms with Gasteiger partial charge in [0.25, 0.3) is 11.8 Å². The topological polar surface area (TPSA) is 67.4 Å². The number of amides is 2. The number of hydrogen-bond donors (Lipinski definition) is 2. The molecular weight excluding hydrogens is 374 g/mol. The van der Waals surface area contributed by atoms with Crippen LogP contribution in [0.5, 0.6) is 5.75 Å². The maximum atomic E-state index is 13.6. The number of halogens is 3. The first kappa shape index (κ1) is 16.9. The zero-order valence-corrected chi connectivity index (χ0v) is 13.2. The predicted molar refractivity (Wildman–Crippen MR) is 81.6 cm³/mol. The first-order chi connectivity index (χ1) is 11.0. The minimum atomic E-state index is -0.825. The molecule has 0 aliphatic heterocycles. The van der Waals surface area contributed by atoms with E-state index >= 15 is 0 Å². The van der Waals surface area contributed by atoms with Crippen LogP contribution in [0.4, 0.5) is 8.78 Å². The van der Waals surface area contributed by atoms with Crippen molar-refractivity contribution in [3.63, 3.8) is 0 Å². The van der Waals surface area contributed by atoms with E-state index in [1.54, 1.807) is 6.07 Å². The average Bonchev–Trinajstić information content (AvgIpc) is 2.52. The highest BCUT2D eigenvalue weighted by Crippen LogP contribution is 2.15. The summed E-state index contributed by atoms with van der Waals surface area (Å²) in [7, 11) is 0. The van der Waals surface area contributed by atoms with Gasteiger partial charge >= 0.3 is 0 Å². The van der Waals surface area contributed by atoms with E-state index in [2.05, 4.69) is 15.9 Å². The highest BCUT2D eigenvalue weighted by Gasteiger charge is 2.13. The summed E-state index contributed by atoms with van der Waals surface area (Å²) in [4.78, 5) is 23.3. The summed E-state index contributed by atoms with van der Waals surface area (Å²) in [6.45, 7) is -0.510. The summed E-state index contributed by atoms with van der Waals surface area (Å²) >= 11 is 3.07. The van der Waals surface area contributed by atoms with Crippen molar-refractivity contribution < 1.29 is 23.1 Å². The van der Waals surface area contributed by atoms with E-state index in [1.165, 1.54) is 30.3 Å². The number of carbonyl (C=O) groups excluding carboxylic acids is 2. The highest BCUT2D eigenvalue weighted by molar-refractivity contribution is 9.10. The van der Waals surface area contributed by atoms with Crippen molar-refractivity contribution in [1.29, 1.82) is 0 Å². The molecule has 0 unspecified atom stereocenters. The molecule has 5 nitrogen and oxygen atoms in total. The van der Waals surface area contributed by atoms with E-state index in [4.69, 9.17) is 4.74 Å². The molecule has 0 spiro atoms. The Kier molecular flexibility index (Phi) is 5.64. The Morgan fingerprint density at radius 2 is 1.78 bits per heavy atom. The molecule has 0 heterocycles. The zero-order valence-electron chi connectivity index (χ0n) is 11.6. The Morgan fingerprint density at radius 3 is 2.48 bits per heavy atom. The second kappa shape index (κ2) is 7.68. The maximum absolute atomic E-state index is 13.6. The number of para-hydroxylation sites is 1. The van der Waals surface area contributed by atoms with Gasteiger partial charge in [0.1, 0.15) is 5.82 Å². The lowest BCUT2D eigenvalue weighted by atomic mass is 10.2. The summed E-state index contributed by atoms with van der Waals surface area (Å²) in [6, 6.07) is 9.45. The molecule has 0 radical (unpaired) electrons. The molecule has 0 aliphatic rings.